The van der Waals surface area contributed by atoms with Gasteiger partial charge in [-0.1, -0.05) is 0 Å². The van der Waals surface area contributed by atoms with E-state index < -0.39 is 66.2 Å². The molecule has 0 radical (unpaired) electrons. The van der Waals surface area contributed by atoms with Gasteiger partial charge in [0, 0.05) is 25.0 Å². The first-order chi connectivity index (χ1) is 15.1. The lowest BCUT2D eigenvalue weighted by molar-refractivity contribution is -0.278. The number of hydrogen-bond donors (Lipinski definition) is 3. The van der Waals surface area contributed by atoms with Crippen LogP contribution in [0.5, 0.6) is 5.75 Å². The van der Waals surface area contributed by atoms with Gasteiger partial charge in [-0.2, -0.15) is 22.0 Å². The van der Waals surface area contributed by atoms with Gasteiger partial charge in [0.1, 0.15) is 29.1 Å². The van der Waals surface area contributed by atoms with Crippen LogP contribution in [0.25, 0.3) is 0 Å². The standard InChI is InChI=1S/C20H22F6N2O5/c1-18(2,16(31)27-9-19(22,23)20(24,25)26)17(32)28-15-12(30)8-10-7-11(21)3-4-13(10)33-14(15)5-6-29/h3-4,7,14-15,29H,5-6,8-9H2,1-2H3,(H,27,31)(H,28,32)/t14-,15-/m0/s1. The first kappa shape index (κ1) is 26.4. The zero-order chi connectivity index (χ0) is 25.2. The molecule has 1 aliphatic rings. The zero-order valence-corrected chi connectivity index (χ0v) is 17.6. The monoisotopic (exact) mass is 484 g/mol. The first-order valence-electron chi connectivity index (χ1n) is 9.72. The van der Waals surface area contributed by atoms with Crippen LogP contribution in [0.1, 0.15) is 25.8 Å². The number of ketones is 1. The predicted octanol–water partition coefficient (Wildman–Crippen LogP) is 1.91. The normalized spacial score (nSPS) is 19.2. The molecule has 1 aromatic rings. The summed E-state index contributed by atoms with van der Waals surface area (Å²) in [6.07, 6.45) is -7.52. The molecule has 1 heterocycles. The van der Waals surface area contributed by atoms with E-state index in [1.165, 1.54) is 11.4 Å². The van der Waals surface area contributed by atoms with Crippen LogP contribution in [0, 0.1) is 11.2 Å². The molecule has 13 heteroatoms. The highest BCUT2D eigenvalue weighted by molar-refractivity contribution is 6.05. The molecule has 7 nitrogen and oxygen atoms in total. The molecule has 3 N–H and O–H groups in total. The molecule has 2 atom stereocenters. The third kappa shape index (κ3) is 5.95. The highest BCUT2D eigenvalue weighted by Gasteiger charge is 2.57. The summed E-state index contributed by atoms with van der Waals surface area (Å²) in [7, 11) is 0. The van der Waals surface area contributed by atoms with Gasteiger partial charge in [0.2, 0.25) is 11.8 Å². The Kier molecular flexibility index (Phi) is 7.67. The number of fused-ring (bicyclic) bond motifs is 1. The van der Waals surface area contributed by atoms with E-state index in [0.717, 1.165) is 26.0 Å². The first-order valence-corrected chi connectivity index (χ1v) is 9.72. The Bertz CT molecular complexity index is 919. The second-order valence-corrected chi connectivity index (χ2v) is 8.02. The van der Waals surface area contributed by atoms with Crippen molar-refractivity contribution in [1.29, 1.82) is 0 Å². The molecule has 33 heavy (non-hydrogen) atoms. The van der Waals surface area contributed by atoms with Crippen molar-refractivity contribution in [2.75, 3.05) is 13.2 Å². The van der Waals surface area contributed by atoms with Crippen LogP contribution in [0.15, 0.2) is 18.2 Å². The maximum Gasteiger partial charge on any atom is 0.455 e. The SMILES string of the molecule is CC(C)(C(=O)NCC(F)(F)C(F)(F)F)C(=O)N[C@H]1C(=O)Cc2cc(F)ccc2O[C@H]1CCO. The number of carbonyl (C=O) groups excluding carboxylic acids is 3. The summed E-state index contributed by atoms with van der Waals surface area (Å²) >= 11 is 0. The van der Waals surface area contributed by atoms with E-state index in [4.69, 9.17) is 4.74 Å². The van der Waals surface area contributed by atoms with Crippen LogP contribution >= 0.6 is 0 Å². The highest BCUT2D eigenvalue weighted by Crippen LogP contribution is 2.35. The Morgan fingerprint density at radius 2 is 1.79 bits per heavy atom. The van der Waals surface area contributed by atoms with Crippen LogP contribution in [0.3, 0.4) is 0 Å². The molecular weight excluding hydrogens is 462 g/mol. The van der Waals surface area contributed by atoms with E-state index in [0.29, 0.717) is 0 Å². The van der Waals surface area contributed by atoms with Gasteiger partial charge in [-0.15, -0.1) is 0 Å². The molecule has 0 saturated carbocycles. The van der Waals surface area contributed by atoms with Crippen molar-refractivity contribution in [2.24, 2.45) is 5.41 Å². The smallest absolute Gasteiger partial charge is 0.455 e. The molecule has 184 valence electrons. The number of Topliss-reactive ketones (excluding diaryl/α,β-unsaturated/α-hetero) is 1. The van der Waals surface area contributed by atoms with Crippen molar-refractivity contribution < 1.29 is 50.6 Å². The summed E-state index contributed by atoms with van der Waals surface area (Å²) in [5, 5.41) is 13.0. The number of alkyl halides is 5. The van der Waals surface area contributed by atoms with E-state index in [2.05, 4.69) is 5.32 Å². The summed E-state index contributed by atoms with van der Waals surface area (Å²) in [4.78, 5) is 37.7. The number of carbonyl (C=O) groups is 3. The molecule has 2 rings (SSSR count). The van der Waals surface area contributed by atoms with Crippen molar-refractivity contribution >= 4 is 17.6 Å². The number of ether oxygens (including phenoxy) is 1. The van der Waals surface area contributed by atoms with Gasteiger partial charge in [-0.3, -0.25) is 14.4 Å². The topological polar surface area (TPSA) is 105 Å². The van der Waals surface area contributed by atoms with E-state index in [1.54, 1.807) is 0 Å². The summed E-state index contributed by atoms with van der Waals surface area (Å²) in [5.41, 5.74) is -1.97. The largest absolute Gasteiger partial charge is 0.487 e. The maximum absolute atomic E-state index is 13.5. The Hall–Kier alpha value is -2.83. The summed E-state index contributed by atoms with van der Waals surface area (Å²) in [5.74, 6) is -8.95. The number of rotatable bonds is 7. The Labute approximate surface area is 184 Å². The van der Waals surface area contributed by atoms with Gasteiger partial charge in [0.25, 0.3) is 0 Å². The fourth-order valence-corrected chi connectivity index (χ4v) is 3.00. The second kappa shape index (κ2) is 9.57. The van der Waals surface area contributed by atoms with Crippen molar-refractivity contribution in [2.45, 2.75) is 50.9 Å². The van der Waals surface area contributed by atoms with Crippen molar-refractivity contribution in [1.82, 2.24) is 10.6 Å². The van der Waals surface area contributed by atoms with E-state index >= 15 is 0 Å². The molecule has 0 aromatic heterocycles. The lowest BCUT2D eigenvalue weighted by Crippen LogP contribution is -2.58. The summed E-state index contributed by atoms with van der Waals surface area (Å²) in [6.45, 7) is -0.601. The van der Waals surface area contributed by atoms with Crippen LogP contribution in [-0.4, -0.2) is 60.1 Å². The van der Waals surface area contributed by atoms with E-state index in [1.807, 2.05) is 0 Å². The van der Waals surface area contributed by atoms with E-state index in [-0.39, 0.29) is 24.2 Å². The number of hydrogen-bond acceptors (Lipinski definition) is 5. The van der Waals surface area contributed by atoms with Crippen LogP contribution in [0.2, 0.25) is 0 Å². The number of halogens is 6. The lowest BCUT2D eigenvalue weighted by Gasteiger charge is -2.30. The van der Waals surface area contributed by atoms with Crippen molar-refractivity contribution in [3.8, 4) is 5.75 Å². The van der Waals surface area contributed by atoms with Crippen LogP contribution < -0.4 is 15.4 Å². The molecule has 0 unspecified atom stereocenters. The summed E-state index contributed by atoms with van der Waals surface area (Å²) in [6, 6.07) is 2.00. The molecule has 0 bridgehead atoms. The Balaban J connectivity index is 2.18. The van der Waals surface area contributed by atoms with Gasteiger partial charge < -0.3 is 20.5 Å². The van der Waals surface area contributed by atoms with Gasteiger partial charge in [-0.05, 0) is 32.0 Å². The van der Waals surface area contributed by atoms with Crippen LogP contribution in [0.4, 0.5) is 26.3 Å². The third-order valence-corrected chi connectivity index (χ3v) is 5.11. The highest BCUT2D eigenvalue weighted by atomic mass is 19.4. The molecule has 2 amide bonds. The minimum absolute atomic E-state index is 0.141. The predicted molar refractivity (Wildman–Crippen MR) is 101 cm³/mol. The zero-order valence-electron chi connectivity index (χ0n) is 17.6. The number of amides is 2. The number of nitrogens with one attached hydrogen (secondary N) is 2. The van der Waals surface area contributed by atoms with E-state index in [9.17, 15) is 45.8 Å². The Morgan fingerprint density at radius 1 is 1.15 bits per heavy atom. The number of aliphatic hydroxyl groups is 1. The van der Waals surface area contributed by atoms with Crippen molar-refractivity contribution in [3.05, 3.63) is 29.6 Å². The molecule has 1 aliphatic heterocycles. The Morgan fingerprint density at radius 3 is 2.36 bits per heavy atom. The van der Waals surface area contributed by atoms with Gasteiger partial charge in [0.15, 0.2) is 5.78 Å². The van der Waals surface area contributed by atoms with Crippen molar-refractivity contribution in [3.63, 3.8) is 0 Å². The number of aliphatic hydroxyl groups excluding tert-OH is 1. The van der Waals surface area contributed by atoms with Gasteiger partial charge in [-0.25, -0.2) is 4.39 Å². The third-order valence-electron chi connectivity index (χ3n) is 5.11. The van der Waals surface area contributed by atoms with Gasteiger partial charge >= 0.3 is 12.1 Å². The fraction of sp³-hybridized carbons (Fsp3) is 0.550. The molecule has 0 fully saturated rings. The average molecular weight is 484 g/mol. The summed E-state index contributed by atoms with van der Waals surface area (Å²) < 4.78 is 82.3. The minimum atomic E-state index is -5.90. The molecule has 0 aliphatic carbocycles. The lowest BCUT2D eigenvalue weighted by atomic mass is 9.89. The molecule has 1 aromatic carbocycles. The van der Waals surface area contributed by atoms with Crippen LogP contribution in [-0.2, 0) is 20.8 Å². The quantitative estimate of drug-likeness (QED) is 0.405. The average Bonchev–Trinajstić information content (AvgIpc) is 2.82. The molecule has 0 spiro atoms. The number of benzene rings is 1. The van der Waals surface area contributed by atoms with Gasteiger partial charge in [0.05, 0.1) is 6.54 Å². The fourth-order valence-electron chi connectivity index (χ4n) is 3.00. The molecule has 0 saturated heterocycles. The maximum atomic E-state index is 13.5. The second-order valence-electron chi connectivity index (χ2n) is 8.02. The molecular formula is C20H22F6N2O5. The minimum Gasteiger partial charge on any atom is -0.487 e.